The van der Waals surface area contributed by atoms with E-state index in [0.29, 0.717) is 5.37 Å². The molecule has 2 nitrogen and oxygen atoms in total. The fourth-order valence-electron chi connectivity index (χ4n) is 0.650. The van der Waals surface area contributed by atoms with Crippen molar-refractivity contribution in [3.05, 3.63) is 0 Å². The van der Waals surface area contributed by atoms with Gasteiger partial charge in [-0.25, -0.2) is 0 Å². The number of nitrogens with zero attached hydrogens (tertiary/aromatic N) is 1. The predicted molar refractivity (Wildman–Crippen MR) is 49.5 cm³/mol. The topological polar surface area (TPSA) is 15.3 Å². The Bertz CT molecular complexity index is 78.0. The minimum atomic E-state index is 0.633. The van der Waals surface area contributed by atoms with Crippen LogP contribution in [0.15, 0.2) is 0 Å². The Morgan fingerprint density at radius 1 is 1.60 bits per heavy atom. The van der Waals surface area contributed by atoms with E-state index in [9.17, 15) is 0 Å². The lowest BCUT2D eigenvalue weighted by Crippen LogP contribution is -2.32. The van der Waals surface area contributed by atoms with Crippen LogP contribution in [0.1, 0.15) is 6.92 Å². The molecule has 0 aromatic carbocycles. The molecule has 0 saturated carbocycles. The summed E-state index contributed by atoms with van der Waals surface area (Å²) in [5, 5.41) is 3.76. The molecular formula is C7H18N2S. The Hall–Kier alpha value is 0.270. The van der Waals surface area contributed by atoms with E-state index < -0.39 is 0 Å². The maximum absolute atomic E-state index is 3.13. The number of nitrogens with one attached hydrogen (secondary N) is 1. The van der Waals surface area contributed by atoms with Crippen molar-refractivity contribution >= 4 is 11.8 Å². The van der Waals surface area contributed by atoms with Crippen molar-refractivity contribution < 1.29 is 0 Å². The molecule has 0 bridgehead atoms. The smallest absolute Gasteiger partial charge is 0.0523 e. The summed E-state index contributed by atoms with van der Waals surface area (Å²) < 4.78 is 0. The minimum Gasteiger partial charge on any atom is -0.318 e. The standard InChI is InChI=1S/C7H18N2S/c1-7(10-4)9(3)6-5-8-2/h7-8H,5-6H2,1-4H3. The molecule has 1 unspecified atom stereocenters. The van der Waals surface area contributed by atoms with Crippen molar-refractivity contribution in [2.45, 2.75) is 12.3 Å². The molecule has 62 valence electrons. The molecule has 0 spiro atoms. The molecule has 0 aliphatic rings. The number of hydrogen-bond donors (Lipinski definition) is 1. The molecule has 0 aromatic rings. The highest BCUT2D eigenvalue weighted by Gasteiger charge is 2.04. The molecule has 0 saturated heterocycles. The monoisotopic (exact) mass is 162 g/mol. The van der Waals surface area contributed by atoms with Gasteiger partial charge in [0, 0.05) is 13.1 Å². The van der Waals surface area contributed by atoms with Crippen LogP contribution < -0.4 is 5.32 Å². The van der Waals surface area contributed by atoms with Crippen molar-refractivity contribution in [2.75, 3.05) is 33.4 Å². The van der Waals surface area contributed by atoms with E-state index in [4.69, 9.17) is 0 Å². The molecule has 1 atom stereocenters. The summed E-state index contributed by atoms with van der Waals surface area (Å²) in [7, 11) is 4.14. The first kappa shape index (κ1) is 10.3. The molecule has 0 heterocycles. The van der Waals surface area contributed by atoms with Crippen LogP contribution in [0.3, 0.4) is 0 Å². The number of thioether (sulfide) groups is 1. The van der Waals surface area contributed by atoms with Gasteiger partial charge in [-0.2, -0.15) is 0 Å². The van der Waals surface area contributed by atoms with Gasteiger partial charge in [0.1, 0.15) is 0 Å². The lowest BCUT2D eigenvalue weighted by molar-refractivity contribution is 0.329. The van der Waals surface area contributed by atoms with Gasteiger partial charge in [-0.3, -0.25) is 4.90 Å². The molecule has 10 heavy (non-hydrogen) atoms. The molecular weight excluding hydrogens is 144 g/mol. The van der Waals surface area contributed by atoms with Crippen LogP contribution in [0, 0.1) is 0 Å². The summed E-state index contributed by atoms with van der Waals surface area (Å²) in [6.07, 6.45) is 2.14. The lowest BCUT2D eigenvalue weighted by Gasteiger charge is -2.22. The summed E-state index contributed by atoms with van der Waals surface area (Å²) in [5.74, 6) is 0. The Labute approximate surface area is 68.4 Å². The quantitative estimate of drug-likeness (QED) is 0.603. The fourth-order valence-corrected chi connectivity index (χ4v) is 1.12. The maximum Gasteiger partial charge on any atom is 0.0523 e. The summed E-state index contributed by atoms with van der Waals surface area (Å²) in [6, 6.07) is 0. The Morgan fingerprint density at radius 2 is 2.20 bits per heavy atom. The molecule has 0 amide bonds. The molecule has 3 heteroatoms. The van der Waals surface area contributed by atoms with Gasteiger partial charge in [0.25, 0.3) is 0 Å². The molecule has 1 N–H and O–H groups in total. The molecule has 0 aliphatic heterocycles. The minimum absolute atomic E-state index is 0.633. The Kier molecular flexibility index (Phi) is 6.17. The highest BCUT2D eigenvalue weighted by atomic mass is 32.2. The first-order chi connectivity index (χ1) is 4.72. The lowest BCUT2D eigenvalue weighted by atomic mass is 10.5. The third kappa shape index (κ3) is 4.14. The zero-order chi connectivity index (χ0) is 7.98. The van der Waals surface area contributed by atoms with Gasteiger partial charge in [-0.15, -0.1) is 11.8 Å². The third-order valence-electron chi connectivity index (χ3n) is 1.68. The second kappa shape index (κ2) is 6.01. The summed E-state index contributed by atoms with van der Waals surface area (Å²) in [4.78, 5) is 2.33. The summed E-state index contributed by atoms with van der Waals surface area (Å²) >= 11 is 1.88. The van der Waals surface area contributed by atoms with Gasteiger partial charge in [0.15, 0.2) is 0 Å². The van der Waals surface area contributed by atoms with E-state index >= 15 is 0 Å². The fraction of sp³-hybridized carbons (Fsp3) is 1.00. The first-order valence-electron chi connectivity index (χ1n) is 3.60. The van der Waals surface area contributed by atoms with Crippen LogP contribution in [0.5, 0.6) is 0 Å². The molecule has 0 aliphatic carbocycles. The van der Waals surface area contributed by atoms with Crippen LogP contribution in [0.25, 0.3) is 0 Å². The largest absolute Gasteiger partial charge is 0.318 e. The number of hydrogen-bond acceptors (Lipinski definition) is 3. The summed E-state index contributed by atoms with van der Waals surface area (Å²) in [5.41, 5.74) is 0. The van der Waals surface area contributed by atoms with E-state index in [1.807, 2.05) is 18.8 Å². The van der Waals surface area contributed by atoms with Crippen molar-refractivity contribution in [3.63, 3.8) is 0 Å². The zero-order valence-corrected chi connectivity index (χ0v) is 8.16. The average molecular weight is 162 g/mol. The number of likely N-dealkylation sites (N-methyl/N-ethyl adjacent to an activating group) is 2. The van der Waals surface area contributed by atoms with Crippen LogP contribution in [0.2, 0.25) is 0 Å². The molecule has 0 aromatic heterocycles. The van der Waals surface area contributed by atoms with E-state index in [2.05, 4.69) is 30.4 Å². The molecule has 0 rings (SSSR count). The van der Waals surface area contributed by atoms with E-state index in [0.717, 1.165) is 13.1 Å². The van der Waals surface area contributed by atoms with Gasteiger partial charge < -0.3 is 5.32 Å². The van der Waals surface area contributed by atoms with Crippen LogP contribution in [-0.2, 0) is 0 Å². The Morgan fingerprint density at radius 3 is 2.60 bits per heavy atom. The predicted octanol–water partition coefficient (Wildman–Crippen LogP) is 0.847. The maximum atomic E-state index is 3.13. The van der Waals surface area contributed by atoms with Crippen LogP contribution in [-0.4, -0.2) is 43.7 Å². The second-order valence-corrected chi connectivity index (χ2v) is 3.57. The first-order valence-corrected chi connectivity index (χ1v) is 4.88. The average Bonchev–Trinajstić information content (AvgIpc) is 1.98. The highest BCUT2D eigenvalue weighted by molar-refractivity contribution is 7.99. The van der Waals surface area contributed by atoms with Crippen molar-refractivity contribution in [1.29, 1.82) is 0 Å². The number of rotatable bonds is 5. The van der Waals surface area contributed by atoms with Crippen LogP contribution in [0.4, 0.5) is 0 Å². The zero-order valence-electron chi connectivity index (χ0n) is 7.35. The van der Waals surface area contributed by atoms with Gasteiger partial charge in [0.05, 0.1) is 5.37 Å². The third-order valence-corrected chi connectivity index (χ3v) is 2.72. The highest BCUT2D eigenvalue weighted by Crippen LogP contribution is 2.07. The Balaban J connectivity index is 3.31. The van der Waals surface area contributed by atoms with E-state index in [-0.39, 0.29) is 0 Å². The van der Waals surface area contributed by atoms with Crippen molar-refractivity contribution in [1.82, 2.24) is 10.2 Å². The van der Waals surface area contributed by atoms with Gasteiger partial charge >= 0.3 is 0 Å². The van der Waals surface area contributed by atoms with Crippen LogP contribution >= 0.6 is 11.8 Å². The molecule has 0 fully saturated rings. The van der Waals surface area contributed by atoms with E-state index in [1.54, 1.807) is 0 Å². The van der Waals surface area contributed by atoms with Crippen molar-refractivity contribution in [3.8, 4) is 0 Å². The van der Waals surface area contributed by atoms with Crippen molar-refractivity contribution in [2.24, 2.45) is 0 Å². The summed E-state index contributed by atoms with van der Waals surface area (Å²) in [6.45, 7) is 4.42. The van der Waals surface area contributed by atoms with Gasteiger partial charge in [0.2, 0.25) is 0 Å². The van der Waals surface area contributed by atoms with Gasteiger partial charge in [-0.05, 0) is 27.3 Å². The second-order valence-electron chi connectivity index (χ2n) is 2.42. The SMILES string of the molecule is CNCCN(C)C(C)SC. The molecule has 0 radical (unpaired) electrons. The van der Waals surface area contributed by atoms with E-state index in [1.165, 1.54) is 0 Å². The normalized spacial score (nSPS) is 14.1. The van der Waals surface area contributed by atoms with Gasteiger partial charge in [-0.1, -0.05) is 0 Å².